The van der Waals surface area contributed by atoms with Crippen LogP contribution in [0.1, 0.15) is 32.6 Å². The fraction of sp³-hybridized carbons (Fsp3) is 0.800. The van der Waals surface area contributed by atoms with Crippen molar-refractivity contribution >= 4 is 0 Å². The van der Waals surface area contributed by atoms with Gasteiger partial charge in [0.05, 0.1) is 6.42 Å². The normalized spacial score (nSPS) is 20.9. The quantitative estimate of drug-likeness (QED) is 0.688. The van der Waals surface area contributed by atoms with Crippen LogP contribution < -0.4 is 5.73 Å². The number of rotatable bonds is 2. The first kappa shape index (κ1) is 11.4. The molecule has 0 aromatic heterocycles. The lowest BCUT2D eigenvalue weighted by Crippen LogP contribution is -2.40. The predicted octanol–water partition coefficient (Wildman–Crippen LogP) is 2.46. The highest BCUT2D eigenvalue weighted by atomic mass is 19.4. The maximum atomic E-state index is 12.0. The molecule has 14 heavy (non-hydrogen) atoms. The zero-order valence-electron chi connectivity index (χ0n) is 8.12. The third-order valence-electron chi connectivity index (χ3n) is 1.98. The van der Waals surface area contributed by atoms with Gasteiger partial charge in [0.25, 0.3) is 0 Å². The Hall–Kier alpha value is -0.690. The van der Waals surface area contributed by atoms with Crippen molar-refractivity contribution in [2.75, 3.05) is 0 Å². The highest BCUT2D eigenvalue weighted by Gasteiger charge is 2.36. The molecule has 0 amide bonds. The molecule has 1 unspecified atom stereocenters. The number of halogens is 3. The minimum atomic E-state index is -4.20. The minimum Gasteiger partial charge on any atom is -0.324 e. The van der Waals surface area contributed by atoms with Crippen molar-refractivity contribution in [3.05, 3.63) is 0 Å². The first-order valence-corrected chi connectivity index (χ1v) is 4.63. The smallest absolute Gasteiger partial charge is 0.324 e. The Morgan fingerprint density at radius 3 is 2.36 bits per heavy atom. The van der Waals surface area contributed by atoms with Crippen LogP contribution in [0.3, 0.4) is 0 Å². The fourth-order valence-corrected chi connectivity index (χ4v) is 1.15. The molecule has 1 saturated carbocycles. The van der Waals surface area contributed by atoms with E-state index in [1.165, 1.54) is 6.92 Å². The van der Waals surface area contributed by atoms with Gasteiger partial charge in [-0.1, -0.05) is 5.92 Å². The largest absolute Gasteiger partial charge is 0.390 e. The Balaban J connectivity index is 2.37. The molecule has 0 aliphatic heterocycles. The predicted molar refractivity (Wildman–Crippen MR) is 48.4 cm³/mol. The average Bonchev–Trinajstić information content (AvgIpc) is 2.64. The summed E-state index contributed by atoms with van der Waals surface area (Å²) in [5.74, 6) is 6.05. The standard InChI is InChI=1S/C10H14F3N/c1-9(14,7-10(11,12)13)6-2-3-8-4-5-8/h8H,4-7,14H2,1H3. The van der Waals surface area contributed by atoms with Gasteiger partial charge in [0, 0.05) is 17.9 Å². The molecule has 4 heteroatoms. The van der Waals surface area contributed by atoms with Crippen molar-refractivity contribution in [1.29, 1.82) is 0 Å². The Labute approximate surface area is 81.9 Å². The third kappa shape index (κ3) is 5.13. The summed E-state index contributed by atoms with van der Waals surface area (Å²) < 4.78 is 36.1. The summed E-state index contributed by atoms with van der Waals surface area (Å²) in [5.41, 5.74) is 4.24. The molecule has 0 radical (unpaired) electrons. The van der Waals surface area contributed by atoms with Gasteiger partial charge in [-0.25, -0.2) is 0 Å². The van der Waals surface area contributed by atoms with Gasteiger partial charge in [-0.2, -0.15) is 13.2 Å². The molecule has 1 aliphatic carbocycles. The van der Waals surface area contributed by atoms with Crippen molar-refractivity contribution in [3.8, 4) is 11.8 Å². The van der Waals surface area contributed by atoms with Crippen LogP contribution in [0.25, 0.3) is 0 Å². The zero-order chi connectivity index (χ0) is 10.8. The molecule has 1 rings (SSSR count). The number of hydrogen-bond acceptors (Lipinski definition) is 1. The molecule has 1 nitrogen and oxygen atoms in total. The molecule has 0 bridgehead atoms. The van der Waals surface area contributed by atoms with Crippen LogP contribution in [-0.2, 0) is 0 Å². The lowest BCUT2D eigenvalue weighted by molar-refractivity contribution is -0.145. The van der Waals surface area contributed by atoms with Crippen molar-refractivity contribution in [2.24, 2.45) is 11.7 Å². The van der Waals surface area contributed by atoms with Crippen LogP contribution in [0.4, 0.5) is 13.2 Å². The van der Waals surface area contributed by atoms with Gasteiger partial charge < -0.3 is 5.73 Å². The number of alkyl halides is 3. The maximum absolute atomic E-state index is 12.0. The Morgan fingerprint density at radius 2 is 1.93 bits per heavy atom. The van der Waals surface area contributed by atoms with Gasteiger partial charge in [0.15, 0.2) is 0 Å². The van der Waals surface area contributed by atoms with Gasteiger partial charge in [0.1, 0.15) is 0 Å². The highest BCUT2D eigenvalue weighted by Crippen LogP contribution is 2.29. The summed E-state index contributed by atoms with van der Waals surface area (Å²) >= 11 is 0. The molecule has 1 atom stereocenters. The summed E-state index contributed by atoms with van der Waals surface area (Å²) in [5, 5.41) is 0. The van der Waals surface area contributed by atoms with Gasteiger partial charge in [-0.15, -0.1) is 5.92 Å². The molecule has 0 aromatic rings. The maximum Gasteiger partial charge on any atom is 0.390 e. The summed E-state index contributed by atoms with van der Waals surface area (Å²) in [6.07, 6.45) is -2.91. The Bertz CT molecular complexity index is 253. The van der Waals surface area contributed by atoms with Crippen molar-refractivity contribution < 1.29 is 13.2 Å². The zero-order valence-corrected chi connectivity index (χ0v) is 8.12. The molecule has 1 aliphatic rings. The van der Waals surface area contributed by atoms with E-state index in [4.69, 9.17) is 5.73 Å². The number of hydrogen-bond donors (Lipinski definition) is 1. The van der Waals surface area contributed by atoms with Crippen LogP contribution in [0.2, 0.25) is 0 Å². The monoisotopic (exact) mass is 205 g/mol. The second-order valence-electron chi connectivity index (χ2n) is 4.22. The van der Waals surface area contributed by atoms with Crippen LogP contribution >= 0.6 is 0 Å². The second-order valence-corrected chi connectivity index (χ2v) is 4.22. The summed E-state index contributed by atoms with van der Waals surface area (Å²) in [7, 11) is 0. The Kier molecular flexibility index (Phi) is 3.10. The fourth-order valence-electron chi connectivity index (χ4n) is 1.15. The summed E-state index contributed by atoms with van der Waals surface area (Å²) in [6.45, 7) is 1.39. The summed E-state index contributed by atoms with van der Waals surface area (Å²) in [6, 6.07) is 0. The van der Waals surface area contributed by atoms with E-state index in [9.17, 15) is 13.2 Å². The van der Waals surface area contributed by atoms with Crippen molar-refractivity contribution in [1.82, 2.24) is 0 Å². The van der Waals surface area contributed by atoms with Crippen molar-refractivity contribution in [3.63, 3.8) is 0 Å². The third-order valence-corrected chi connectivity index (χ3v) is 1.98. The van der Waals surface area contributed by atoms with Gasteiger partial charge in [-0.3, -0.25) is 0 Å². The summed E-state index contributed by atoms with van der Waals surface area (Å²) in [4.78, 5) is 0. The van der Waals surface area contributed by atoms with E-state index in [1.807, 2.05) is 0 Å². The van der Waals surface area contributed by atoms with E-state index in [0.29, 0.717) is 5.92 Å². The van der Waals surface area contributed by atoms with Gasteiger partial charge >= 0.3 is 6.18 Å². The van der Waals surface area contributed by atoms with Gasteiger partial charge in [-0.05, 0) is 19.8 Å². The molecule has 0 saturated heterocycles. The van der Waals surface area contributed by atoms with Crippen LogP contribution in [0, 0.1) is 17.8 Å². The Morgan fingerprint density at radius 1 is 1.36 bits per heavy atom. The topological polar surface area (TPSA) is 26.0 Å². The van der Waals surface area contributed by atoms with E-state index in [-0.39, 0.29) is 6.42 Å². The SMILES string of the molecule is CC(N)(CC#CC1CC1)CC(F)(F)F. The molecule has 80 valence electrons. The number of nitrogens with two attached hydrogens (primary N) is 1. The first-order chi connectivity index (χ1) is 6.29. The van der Waals surface area contributed by atoms with E-state index in [1.54, 1.807) is 0 Å². The molecule has 0 heterocycles. The van der Waals surface area contributed by atoms with Crippen LogP contribution in [-0.4, -0.2) is 11.7 Å². The lowest BCUT2D eigenvalue weighted by atomic mass is 9.95. The van der Waals surface area contributed by atoms with E-state index in [0.717, 1.165) is 12.8 Å². The van der Waals surface area contributed by atoms with Crippen LogP contribution in [0.15, 0.2) is 0 Å². The average molecular weight is 205 g/mol. The van der Waals surface area contributed by atoms with E-state index < -0.39 is 18.1 Å². The van der Waals surface area contributed by atoms with E-state index >= 15 is 0 Å². The van der Waals surface area contributed by atoms with Crippen molar-refractivity contribution in [2.45, 2.75) is 44.3 Å². The van der Waals surface area contributed by atoms with Gasteiger partial charge in [0.2, 0.25) is 0 Å². The first-order valence-electron chi connectivity index (χ1n) is 4.63. The molecule has 2 N–H and O–H groups in total. The van der Waals surface area contributed by atoms with Crippen LogP contribution in [0.5, 0.6) is 0 Å². The molecular formula is C10H14F3N. The molecular weight excluding hydrogens is 191 g/mol. The highest BCUT2D eigenvalue weighted by molar-refractivity contribution is 5.11. The minimum absolute atomic E-state index is 0.114. The van der Waals surface area contributed by atoms with E-state index in [2.05, 4.69) is 11.8 Å². The molecule has 1 fully saturated rings. The molecule has 0 spiro atoms. The second kappa shape index (κ2) is 3.82. The molecule has 0 aromatic carbocycles. The lowest BCUT2D eigenvalue weighted by Gasteiger charge is -2.23.